The molecule has 0 heterocycles. The van der Waals surface area contributed by atoms with Crippen LogP contribution in [0.15, 0.2) is 48.5 Å². The first-order valence-corrected chi connectivity index (χ1v) is 7.91. The number of Topliss-reactive ketones (excluding diaryl/α,β-unsaturated/α-hetero) is 1. The van der Waals surface area contributed by atoms with Gasteiger partial charge in [0.25, 0.3) is 5.91 Å². The van der Waals surface area contributed by atoms with E-state index in [1.165, 1.54) is 6.92 Å². The third-order valence-electron chi connectivity index (χ3n) is 3.36. The molecular formula is C19H20N2O4. The Bertz CT molecular complexity index is 752. The summed E-state index contributed by atoms with van der Waals surface area (Å²) in [6.45, 7) is 3.09. The number of amides is 2. The number of carbonyl (C=O) groups excluding carboxylic acids is 3. The summed E-state index contributed by atoms with van der Waals surface area (Å²) < 4.78 is 5.40. The fourth-order valence-corrected chi connectivity index (χ4v) is 2.13. The second kappa shape index (κ2) is 8.63. The zero-order valence-electron chi connectivity index (χ0n) is 14.2. The zero-order valence-corrected chi connectivity index (χ0v) is 14.2. The molecule has 25 heavy (non-hydrogen) atoms. The van der Waals surface area contributed by atoms with Gasteiger partial charge in [0.05, 0.1) is 0 Å². The molecule has 0 radical (unpaired) electrons. The van der Waals surface area contributed by atoms with Crippen molar-refractivity contribution in [2.75, 3.05) is 17.2 Å². The van der Waals surface area contributed by atoms with E-state index in [-0.39, 0.29) is 24.2 Å². The highest BCUT2D eigenvalue weighted by atomic mass is 16.5. The molecule has 0 bridgehead atoms. The van der Waals surface area contributed by atoms with Crippen molar-refractivity contribution >= 4 is 29.0 Å². The molecule has 0 aromatic heterocycles. The van der Waals surface area contributed by atoms with E-state index in [2.05, 4.69) is 10.6 Å². The molecule has 2 aromatic carbocycles. The molecule has 0 saturated carbocycles. The molecule has 0 saturated heterocycles. The van der Waals surface area contributed by atoms with E-state index in [1.54, 1.807) is 55.5 Å². The van der Waals surface area contributed by atoms with Crippen molar-refractivity contribution in [1.29, 1.82) is 0 Å². The van der Waals surface area contributed by atoms with E-state index in [4.69, 9.17) is 4.74 Å². The lowest BCUT2D eigenvalue weighted by atomic mass is 10.1. The van der Waals surface area contributed by atoms with Crippen LogP contribution in [-0.4, -0.2) is 24.2 Å². The highest BCUT2D eigenvalue weighted by Gasteiger charge is 2.06. The van der Waals surface area contributed by atoms with Gasteiger partial charge in [0.15, 0.2) is 12.4 Å². The Morgan fingerprint density at radius 2 is 1.44 bits per heavy atom. The molecule has 0 aliphatic heterocycles. The molecule has 2 rings (SSSR count). The largest absolute Gasteiger partial charge is 0.484 e. The second-order valence-corrected chi connectivity index (χ2v) is 5.40. The summed E-state index contributed by atoms with van der Waals surface area (Å²) in [6, 6.07) is 13.5. The topological polar surface area (TPSA) is 84.5 Å². The molecule has 0 spiro atoms. The normalized spacial score (nSPS) is 10.0. The van der Waals surface area contributed by atoms with Gasteiger partial charge in [-0.05, 0) is 48.5 Å². The summed E-state index contributed by atoms with van der Waals surface area (Å²) in [5, 5.41) is 5.35. The average molecular weight is 340 g/mol. The second-order valence-electron chi connectivity index (χ2n) is 5.40. The predicted molar refractivity (Wildman–Crippen MR) is 95.9 cm³/mol. The smallest absolute Gasteiger partial charge is 0.262 e. The van der Waals surface area contributed by atoms with Gasteiger partial charge in [-0.3, -0.25) is 14.4 Å². The maximum atomic E-state index is 11.9. The Hall–Kier alpha value is -3.15. The monoisotopic (exact) mass is 340 g/mol. The Balaban J connectivity index is 1.84. The maximum Gasteiger partial charge on any atom is 0.262 e. The van der Waals surface area contributed by atoms with Crippen molar-refractivity contribution in [2.45, 2.75) is 20.3 Å². The van der Waals surface area contributed by atoms with E-state index < -0.39 is 0 Å². The number of anilines is 2. The van der Waals surface area contributed by atoms with Crippen LogP contribution in [0.3, 0.4) is 0 Å². The fourth-order valence-electron chi connectivity index (χ4n) is 2.13. The molecular weight excluding hydrogens is 320 g/mol. The van der Waals surface area contributed by atoms with E-state index >= 15 is 0 Å². The molecule has 2 amide bonds. The molecule has 0 aliphatic carbocycles. The third-order valence-corrected chi connectivity index (χ3v) is 3.36. The van der Waals surface area contributed by atoms with Gasteiger partial charge in [0, 0.05) is 30.3 Å². The fraction of sp³-hybridized carbons (Fsp3) is 0.211. The minimum absolute atomic E-state index is 0.0620. The van der Waals surface area contributed by atoms with E-state index in [0.29, 0.717) is 29.1 Å². The van der Waals surface area contributed by atoms with Crippen LogP contribution < -0.4 is 15.4 Å². The molecule has 0 aliphatic rings. The van der Waals surface area contributed by atoms with Crippen molar-refractivity contribution < 1.29 is 19.1 Å². The van der Waals surface area contributed by atoms with Crippen LogP contribution in [0.4, 0.5) is 11.4 Å². The lowest BCUT2D eigenvalue weighted by molar-refractivity contribution is -0.118. The summed E-state index contributed by atoms with van der Waals surface area (Å²) in [7, 11) is 0. The quantitative estimate of drug-likeness (QED) is 0.758. The lowest BCUT2D eigenvalue weighted by Crippen LogP contribution is -2.20. The molecule has 0 fully saturated rings. The van der Waals surface area contributed by atoms with Crippen LogP contribution in [0.5, 0.6) is 5.75 Å². The molecule has 6 nitrogen and oxygen atoms in total. The highest BCUT2D eigenvalue weighted by Crippen LogP contribution is 2.15. The van der Waals surface area contributed by atoms with Crippen LogP contribution in [0.1, 0.15) is 30.6 Å². The van der Waals surface area contributed by atoms with Gasteiger partial charge in [-0.2, -0.15) is 0 Å². The zero-order chi connectivity index (χ0) is 18.2. The van der Waals surface area contributed by atoms with Gasteiger partial charge in [0.2, 0.25) is 5.91 Å². The van der Waals surface area contributed by atoms with Gasteiger partial charge < -0.3 is 15.4 Å². The number of nitrogens with one attached hydrogen (secondary N) is 2. The van der Waals surface area contributed by atoms with Crippen molar-refractivity contribution in [3.05, 3.63) is 54.1 Å². The number of hydrogen-bond acceptors (Lipinski definition) is 4. The summed E-state index contributed by atoms with van der Waals surface area (Å²) >= 11 is 0. The molecule has 0 unspecified atom stereocenters. The standard InChI is InChI=1S/C19H20N2O4/c1-3-18(23)14-4-10-17(11-5-14)25-12-19(24)21-16-8-6-15(7-9-16)20-13(2)22/h4-11H,3,12H2,1-2H3,(H,20,22)(H,21,24). The Morgan fingerprint density at radius 3 is 1.96 bits per heavy atom. The molecule has 2 aromatic rings. The molecule has 0 atom stereocenters. The number of benzene rings is 2. The lowest BCUT2D eigenvalue weighted by Gasteiger charge is -2.09. The summed E-state index contributed by atoms with van der Waals surface area (Å²) in [6.07, 6.45) is 0.448. The third kappa shape index (κ3) is 5.76. The first-order valence-electron chi connectivity index (χ1n) is 7.91. The van der Waals surface area contributed by atoms with Gasteiger partial charge in [0.1, 0.15) is 5.75 Å². The number of hydrogen-bond donors (Lipinski definition) is 2. The summed E-state index contributed by atoms with van der Waals surface area (Å²) in [4.78, 5) is 34.4. The SMILES string of the molecule is CCC(=O)c1ccc(OCC(=O)Nc2ccc(NC(C)=O)cc2)cc1. The Labute approximate surface area is 146 Å². The van der Waals surface area contributed by atoms with Crippen molar-refractivity contribution in [3.8, 4) is 5.75 Å². The molecule has 2 N–H and O–H groups in total. The molecule has 130 valence electrons. The van der Waals surface area contributed by atoms with Crippen LogP contribution >= 0.6 is 0 Å². The van der Waals surface area contributed by atoms with E-state index in [0.717, 1.165) is 0 Å². The van der Waals surface area contributed by atoms with Gasteiger partial charge >= 0.3 is 0 Å². The minimum Gasteiger partial charge on any atom is -0.484 e. The molecule has 6 heteroatoms. The first-order chi connectivity index (χ1) is 12.0. The van der Waals surface area contributed by atoms with Gasteiger partial charge in [-0.15, -0.1) is 0 Å². The summed E-state index contributed by atoms with van der Waals surface area (Å²) in [5.41, 5.74) is 1.88. The van der Waals surface area contributed by atoms with Crippen LogP contribution in [0.2, 0.25) is 0 Å². The highest BCUT2D eigenvalue weighted by molar-refractivity contribution is 5.96. The number of carbonyl (C=O) groups is 3. The van der Waals surface area contributed by atoms with Crippen LogP contribution in [-0.2, 0) is 9.59 Å². The van der Waals surface area contributed by atoms with Crippen molar-refractivity contribution in [2.24, 2.45) is 0 Å². The van der Waals surface area contributed by atoms with E-state index in [1.807, 2.05) is 0 Å². The predicted octanol–water partition coefficient (Wildman–Crippen LogP) is 3.26. The van der Waals surface area contributed by atoms with Crippen molar-refractivity contribution in [3.63, 3.8) is 0 Å². The first kappa shape index (κ1) is 18.2. The average Bonchev–Trinajstić information content (AvgIpc) is 2.61. The number of ketones is 1. The maximum absolute atomic E-state index is 11.9. The van der Waals surface area contributed by atoms with Crippen LogP contribution in [0, 0.1) is 0 Å². The Kier molecular flexibility index (Phi) is 6.28. The summed E-state index contributed by atoms with van der Waals surface area (Å²) in [5.74, 6) is 0.119. The van der Waals surface area contributed by atoms with Crippen molar-refractivity contribution in [1.82, 2.24) is 0 Å². The van der Waals surface area contributed by atoms with E-state index in [9.17, 15) is 14.4 Å². The minimum atomic E-state index is -0.305. The van der Waals surface area contributed by atoms with Gasteiger partial charge in [-0.1, -0.05) is 6.92 Å². The number of rotatable bonds is 7. The van der Waals surface area contributed by atoms with Crippen LogP contribution in [0.25, 0.3) is 0 Å². The number of ether oxygens (including phenoxy) is 1. The Morgan fingerprint density at radius 1 is 0.880 bits per heavy atom. The van der Waals surface area contributed by atoms with Gasteiger partial charge in [-0.25, -0.2) is 0 Å².